The third kappa shape index (κ3) is 4.70. The predicted molar refractivity (Wildman–Crippen MR) is 93.5 cm³/mol. The van der Waals surface area contributed by atoms with E-state index in [9.17, 15) is 9.18 Å². The van der Waals surface area contributed by atoms with Crippen molar-refractivity contribution in [1.29, 1.82) is 0 Å². The summed E-state index contributed by atoms with van der Waals surface area (Å²) in [5, 5.41) is 7.00. The van der Waals surface area contributed by atoms with E-state index in [1.54, 1.807) is 23.1 Å². The lowest BCUT2D eigenvalue weighted by Crippen LogP contribution is -2.13. The number of benzene rings is 2. The fourth-order valence-electron chi connectivity index (χ4n) is 2.20. The molecule has 3 rings (SSSR count). The van der Waals surface area contributed by atoms with E-state index in [2.05, 4.69) is 10.4 Å². The maximum absolute atomic E-state index is 13.2. The number of aromatic nitrogens is 2. The fraction of sp³-hybridized carbons (Fsp3) is 0.111. The molecule has 0 radical (unpaired) electrons. The molecule has 3 aromatic rings. The van der Waals surface area contributed by atoms with Crippen molar-refractivity contribution < 1.29 is 9.18 Å². The summed E-state index contributed by atoms with van der Waals surface area (Å²) in [5.74, 6) is -0.0284. The van der Waals surface area contributed by atoms with Gasteiger partial charge in [-0.25, -0.2) is 4.39 Å². The van der Waals surface area contributed by atoms with Crippen LogP contribution in [0.4, 0.5) is 10.1 Å². The topological polar surface area (TPSA) is 46.9 Å². The van der Waals surface area contributed by atoms with Crippen LogP contribution in [0.25, 0.3) is 0 Å². The molecule has 122 valence electrons. The van der Waals surface area contributed by atoms with Crippen molar-refractivity contribution in [1.82, 2.24) is 9.78 Å². The van der Waals surface area contributed by atoms with Gasteiger partial charge in [-0.2, -0.15) is 5.10 Å². The molecule has 1 heterocycles. The van der Waals surface area contributed by atoms with E-state index < -0.39 is 0 Å². The van der Waals surface area contributed by atoms with Crippen LogP contribution in [0.15, 0.2) is 71.9 Å². The zero-order valence-electron chi connectivity index (χ0n) is 12.9. The summed E-state index contributed by atoms with van der Waals surface area (Å²) in [6.45, 7) is 0.451. The number of hydrogen-bond donors (Lipinski definition) is 1. The molecule has 1 N–H and O–H groups in total. The van der Waals surface area contributed by atoms with Crippen LogP contribution in [-0.4, -0.2) is 21.4 Å². The molecule has 0 unspecified atom stereocenters. The summed E-state index contributed by atoms with van der Waals surface area (Å²) >= 11 is 1.48. The number of carbonyl (C=O) groups excluding carboxylic acids is 1. The number of nitrogens with zero attached hydrogens (tertiary/aromatic N) is 2. The Morgan fingerprint density at radius 1 is 1.17 bits per heavy atom. The van der Waals surface area contributed by atoms with Crippen molar-refractivity contribution in [3.63, 3.8) is 0 Å². The second-order valence-corrected chi connectivity index (χ2v) is 6.26. The molecule has 0 aliphatic carbocycles. The smallest absolute Gasteiger partial charge is 0.234 e. The number of halogens is 1. The highest BCUT2D eigenvalue weighted by Crippen LogP contribution is 2.17. The molecule has 0 atom stereocenters. The van der Waals surface area contributed by atoms with Gasteiger partial charge in [0.1, 0.15) is 5.82 Å². The summed E-state index contributed by atoms with van der Waals surface area (Å²) in [6.07, 6.45) is 3.32. The first-order valence-corrected chi connectivity index (χ1v) is 8.42. The van der Waals surface area contributed by atoms with Crippen LogP contribution in [-0.2, 0) is 11.3 Å². The quantitative estimate of drug-likeness (QED) is 0.694. The first-order valence-electron chi connectivity index (χ1n) is 7.44. The molecule has 0 aliphatic rings. The number of rotatable bonds is 6. The summed E-state index contributed by atoms with van der Waals surface area (Å²) in [6, 6.07) is 16.1. The Balaban J connectivity index is 1.53. The lowest BCUT2D eigenvalue weighted by Gasteiger charge is -2.03. The van der Waals surface area contributed by atoms with Gasteiger partial charge in [0.2, 0.25) is 5.91 Å². The van der Waals surface area contributed by atoms with Gasteiger partial charge in [-0.1, -0.05) is 30.3 Å². The van der Waals surface area contributed by atoms with Crippen LogP contribution in [0, 0.1) is 5.82 Å². The minimum atomic E-state index is -0.272. The Kier molecular flexibility index (Phi) is 5.28. The van der Waals surface area contributed by atoms with Gasteiger partial charge in [-0.3, -0.25) is 9.48 Å². The van der Waals surface area contributed by atoms with Crippen LogP contribution in [0.2, 0.25) is 0 Å². The molecule has 4 nitrogen and oxygen atoms in total. The lowest BCUT2D eigenvalue weighted by atomic mass is 10.2. The van der Waals surface area contributed by atoms with Crippen LogP contribution < -0.4 is 5.32 Å². The Morgan fingerprint density at radius 3 is 2.79 bits per heavy atom. The number of nitrogens with one attached hydrogen (secondary N) is 1. The molecular weight excluding hydrogens is 325 g/mol. The average molecular weight is 341 g/mol. The van der Waals surface area contributed by atoms with Gasteiger partial charge in [0.25, 0.3) is 0 Å². The van der Waals surface area contributed by atoms with Gasteiger partial charge in [0.05, 0.1) is 24.2 Å². The maximum atomic E-state index is 13.2. The van der Waals surface area contributed by atoms with Gasteiger partial charge in [-0.05, 0) is 29.8 Å². The number of anilines is 1. The van der Waals surface area contributed by atoms with E-state index in [1.165, 1.54) is 23.9 Å². The number of amides is 1. The molecule has 2 aromatic carbocycles. The van der Waals surface area contributed by atoms with Crippen molar-refractivity contribution in [2.75, 3.05) is 11.1 Å². The lowest BCUT2D eigenvalue weighted by molar-refractivity contribution is -0.113. The van der Waals surface area contributed by atoms with Crippen molar-refractivity contribution in [3.05, 3.63) is 78.4 Å². The number of hydrogen-bond acceptors (Lipinski definition) is 3. The normalized spacial score (nSPS) is 10.5. The molecule has 0 bridgehead atoms. The molecular formula is C18H16FN3OS. The van der Waals surface area contributed by atoms with E-state index in [0.717, 1.165) is 10.5 Å². The number of thioether (sulfide) groups is 1. The second-order valence-electron chi connectivity index (χ2n) is 5.21. The highest BCUT2D eigenvalue weighted by molar-refractivity contribution is 8.00. The summed E-state index contributed by atoms with van der Waals surface area (Å²) in [4.78, 5) is 13.0. The molecule has 0 saturated carbocycles. The number of carbonyl (C=O) groups is 1. The van der Waals surface area contributed by atoms with Crippen LogP contribution >= 0.6 is 11.8 Å². The zero-order chi connectivity index (χ0) is 16.8. The Hall–Kier alpha value is -2.60. The third-order valence-corrected chi connectivity index (χ3v) is 4.28. The molecule has 24 heavy (non-hydrogen) atoms. The zero-order valence-corrected chi connectivity index (χ0v) is 13.7. The standard InChI is InChI=1S/C18H16FN3OS/c19-15-6-4-5-14(9-15)11-22-12-16(10-20-22)21-18(23)13-24-17-7-2-1-3-8-17/h1-10,12H,11,13H2,(H,21,23). The molecule has 0 saturated heterocycles. The molecule has 1 aromatic heterocycles. The monoisotopic (exact) mass is 341 g/mol. The second kappa shape index (κ2) is 7.79. The molecule has 6 heteroatoms. The van der Waals surface area contributed by atoms with Gasteiger partial charge in [0, 0.05) is 11.1 Å². The Labute approximate surface area is 143 Å². The molecule has 1 amide bonds. The van der Waals surface area contributed by atoms with Crippen molar-refractivity contribution in [2.45, 2.75) is 11.4 Å². The highest BCUT2D eigenvalue weighted by Gasteiger charge is 2.06. The molecule has 0 aliphatic heterocycles. The van der Waals surface area contributed by atoms with Gasteiger partial charge in [0.15, 0.2) is 0 Å². The average Bonchev–Trinajstić information content (AvgIpc) is 3.01. The van der Waals surface area contributed by atoms with E-state index in [-0.39, 0.29) is 11.7 Å². The SMILES string of the molecule is O=C(CSc1ccccc1)Nc1cnn(Cc2cccc(F)c2)c1. The van der Waals surface area contributed by atoms with Crippen molar-refractivity contribution >= 4 is 23.4 Å². The highest BCUT2D eigenvalue weighted by atomic mass is 32.2. The minimum Gasteiger partial charge on any atom is -0.323 e. The first kappa shape index (κ1) is 16.3. The molecule has 0 fully saturated rings. The summed E-state index contributed by atoms with van der Waals surface area (Å²) < 4.78 is 14.8. The molecule has 0 spiro atoms. The van der Waals surface area contributed by atoms with Crippen LogP contribution in [0.3, 0.4) is 0 Å². The predicted octanol–water partition coefficient (Wildman–Crippen LogP) is 3.80. The maximum Gasteiger partial charge on any atom is 0.234 e. The van der Waals surface area contributed by atoms with Crippen molar-refractivity contribution in [2.24, 2.45) is 0 Å². The van der Waals surface area contributed by atoms with E-state index >= 15 is 0 Å². The first-order chi connectivity index (χ1) is 11.7. The van der Waals surface area contributed by atoms with Gasteiger partial charge < -0.3 is 5.32 Å². The fourth-order valence-corrected chi connectivity index (χ4v) is 2.92. The van der Waals surface area contributed by atoms with Gasteiger partial charge in [-0.15, -0.1) is 11.8 Å². The van der Waals surface area contributed by atoms with E-state index in [4.69, 9.17) is 0 Å². The summed E-state index contributed by atoms with van der Waals surface area (Å²) in [5.41, 5.74) is 1.45. The van der Waals surface area contributed by atoms with Crippen LogP contribution in [0.1, 0.15) is 5.56 Å². The van der Waals surface area contributed by atoms with E-state index in [0.29, 0.717) is 18.0 Å². The minimum absolute atomic E-state index is 0.0887. The van der Waals surface area contributed by atoms with E-state index in [1.807, 2.05) is 36.4 Å². The van der Waals surface area contributed by atoms with Gasteiger partial charge >= 0.3 is 0 Å². The Morgan fingerprint density at radius 2 is 2.00 bits per heavy atom. The summed E-state index contributed by atoms with van der Waals surface area (Å²) in [7, 11) is 0. The third-order valence-electron chi connectivity index (χ3n) is 3.26. The largest absolute Gasteiger partial charge is 0.323 e. The van der Waals surface area contributed by atoms with Crippen molar-refractivity contribution in [3.8, 4) is 0 Å². The van der Waals surface area contributed by atoms with Crippen LogP contribution in [0.5, 0.6) is 0 Å². The Bertz CT molecular complexity index is 820.